The van der Waals surface area contributed by atoms with Crippen LogP contribution < -0.4 is 4.74 Å². The first-order chi connectivity index (χ1) is 14.2. The summed E-state index contributed by atoms with van der Waals surface area (Å²) >= 11 is 0. The van der Waals surface area contributed by atoms with Gasteiger partial charge in [-0.15, -0.1) is 6.58 Å². The number of imidazole rings is 1. The van der Waals surface area contributed by atoms with Gasteiger partial charge in [-0.25, -0.2) is 9.37 Å². The van der Waals surface area contributed by atoms with Gasteiger partial charge in [0.25, 0.3) is 0 Å². The number of rotatable bonds is 6. The average molecular weight is 385 g/mol. The molecular formula is C24H20FN3O. The molecule has 4 aromatic rings. The van der Waals surface area contributed by atoms with Crippen LogP contribution in [0.1, 0.15) is 0 Å². The lowest BCUT2D eigenvalue weighted by Gasteiger charge is -2.12. The number of methoxy groups -OCH3 is 1. The standard InChI is InChI=1S/C24H20FN3O/c1-3-16-28-23(18-4-8-20(25)9-5-18)22(17-12-14-26-15-13-17)27-24(28)19-6-10-21(29-2)11-7-19/h3-15H,1,16H2,2H3. The highest BCUT2D eigenvalue weighted by atomic mass is 19.1. The molecular weight excluding hydrogens is 365 g/mol. The van der Waals surface area contributed by atoms with E-state index in [0.717, 1.165) is 39.7 Å². The molecule has 0 fully saturated rings. The third kappa shape index (κ3) is 3.67. The van der Waals surface area contributed by atoms with Crippen molar-refractivity contribution in [3.05, 3.63) is 91.5 Å². The van der Waals surface area contributed by atoms with Crippen LogP contribution in [-0.2, 0) is 6.54 Å². The average Bonchev–Trinajstić information content (AvgIpc) is 3.14. The molecule has 0 saturated heterocycles. The van der Waals surface area contributed by atoms with Crippen LogP contribution in [0.15, 0.2) is 85.7 Å². The molecule has 4 nitrogen and oxygen atoms in total. The van der Waals surface area contributed by atoms with Crippen LogP contribution >= 0.6 is 0 Å². The number of hydrogen-bond acceptors (Lipinski definition) is 3. The van der Waals surface area contributed by atoms with Crippen molar-refractivity contribution < 1.29 is 9.13 Å². The highest BCUT2D eigenvalue weighted by molar-refractivity contribution is 5.82. The molecule has 0 aliphatic rings. The van der Waals surface area contributed by atoms with E-state index < -0.39 is 0 Å². The predicted octanol–water partition coefficient (Wildman–Crippen LogP) is 5.61. The van der Waals surface area contributed by atoms with Crippen LogP contribution in [0.2, 0.25) is 0 Å². The minimum Gasteiger partial charge on any atom is -0.497 e. The van der Waals surface area contributed by atoms with Crippen LogP contribution in [0.4, 0.5) is 4.39 Å². The molecule has 0 aliphatic heterocycles. The molecule has 2 aromatic carbocycles. The van der Waals surface area contributed by atoms with E-state index in [2.05, 4.69) is 16.1 Å². The van der Waals surface area contributed by atoms with Gasteiger partial charge in [0.1, 0.15) is 17.4 Å². The maximum Gasteiger partial charge on any atom is 0.141 e. The normalized spacial score (nSPS) is 10.7. The number of benzene rings is 2. The number of hydrogen-bond donors (Lipinski definition) is 0. The highest BCUT2D eigenvalue weighted by Crippen LogP contribution is 2.36. The SMILES string of the molecule is C=CCn1c(-c2ccc(OC)cc2)nc(-c2ccncc2)c1-c1ccc(F)cc1. The van der Waals surface area contributed by atoms with Gasteiger partial charge in [0.15, 0.2) is 0 Å². The Morgan fingerprint density at radius 1 is 0.931 bits per heavy atom. The second-order valence-corrected chi connectivity index (χ2v) is 6.50. The summed E-state index contributed by atoms with van der Waals surface area (Å²) in [4.78, 5) is 9.09. The van der Waals surface area contributed by atoms with Crippen LogP contribution in [0.5, 0.6) is 5.75 Å². The van der Waals surface area contributed by atoms with E-state index in [1.54, 1.807) is 31.6 Å². The summed E-state index contributed by atoms with van der Waals surface area (Å²) in [6.07, 6.45) is 5.31. The molecule has 0 atom stereocenters. The van der Waals surface area contributed by atoms with E-state index in [9.17, 15) is 4.39 Å². The summed E-state index contributed by atoms with van der Waals surface area (Å²) < 4.78 is 20.9. The van der Waals surface area contributed by atoms with Gasteiger partial charge in [-0.2, -0.15) is 0 Å². The first-order valence-electron chi connectivity index (χ1n) is 9.23. The third-order valence-electron chi connectivity index (χ3n) is 4.70. The number of pyridine rings is 1. The third-order valence-corrected chi connectivity index (χ3v) is 4.70. The lowest BCUT2D eigenvalue weighted by atomic mass is 10.1. The molecule has 5 heteroatoms. The zero-order valence-electron chi connectivity index (χ0n) is 16.0. The summed E-state index contributed by atoms with van der Waals surface area (Å²) in [7, 11) is 1.64. The second-order valence-electron chi connectivity index (χ2n) is 6.50. The first-order valence-corrected chi connectivity index (χ1v) is 9.23. The summed E-state index contributed by atoms with van der Waals surface area (Å²) in [6, 6.07) is 18.1. The fourth-order valence-corrected chi connectivity index (χ4v) is 3.33. The largest absolute Gasteiger partial charge is 0.497 e. The Hall–Kier alpha value is -3.73. The molecule has 0 saturated carbocycles. The number of allylic oxidation sites excluding steroid dienone is 1. The van der Waals surface area contributed by atoms with Crippen LogP contribution in [-0.4, -0.2) is 21.6 Å². The smallest absolute Gasteiger partial charge is 0.141 e. The molecule has 144 valence electrons. The highest BCUT2D eigenvalue weighted by Gasteiger charge is 2.20. The van der Waals surface area contributed by atoms with E-state index in [1.807, 2.05) is 42.5 Å². The van der Waals surface area contributed by atoms with Crippen molar-refractivity contribution in [1.29, 1.82) is 0 Å². The minimum absolute atomic E-state index is 0.274. The van der Waals surface area contributed by atoms with Gasteiger partial charge in [-0.3, -0.25) is 4.98 Å². The van der Waals surface area contributed by atoms with Crippen molar-refractivity contribution >= 4 is 0 Å². The lowest BCUT2D eigenvalue weighted by Crippen LogP contribution is -2.01. The molecule has 0 unspecified atom stereocenters. The van der Waals surface area contributed by atoms with Gasteiger partial charge >= 0.3 is 0 Å². The van der Waals surface area contributed by atoms with Gasteiger partial charge < -0.3 is 9.30 Å². The molecule has 0 radical (unpaired) electrons. The van der Waals surface area contributed by atoms with Crippen LogP contribution in [0.25, 0.3) is 33.9 Å². The lowest BCUT2D eigenvalue weighted by molar-refractivity contribution is 0.415. The predicted molar refractivity (Wildman–Crippen MR) is 113 cm³/mol. The molecule has 29 heavy (non-hydrogen) atoms. The quantitative estimate of drug-likeness (QED) is 0.405. The Balaban J connectivity index is 1.98. The number of nitrogens with zero attached hydrogens (tertiary/aromatic N) is 3. The van der Waals surface area contributed by atoms with Gasteiger partial charge in [0, 0.05) is 35.6 Å². The zero-order chi connectivity index (χ0) is 20.2. The van der Waals surface area contributed by atoms with Gasteiger partial charge in [-0.1, -0.05) is 6.08 Å². The Morgan fingerprint density at radius 2 is 1.59 bits per heavy atom. The van der Waals surface area contributed by atoms with E-state index in [1.165, 1.54) is 12.1 Å². The first kappa shape index (κ1) is 18.6. The summed E-state index contributed by atoms with van der Waals surface area (Å²) in [5, 5.41) is 0. The molecule has 0 spiro atoms. The summed E-state index contributed by atoms with van der Waals surface area (Å²) in [6.45, 7) is 4.47. The molecule has 2 heterocycles. The Kier molecular flexibility index (Phi) is 5.20. The van der Waals surface area contributed by atoms with Crippen LogP contribution in [0, 0.1) is 5.82 Å². The number of aromatic nitrogens is 3. The van der Waals surface area contributed by atoms with E-state index in [4.69, 9.17) is 9.72 Å². The number of halogens is 1. The molecule has 2 aromatic heterocycles. The maximum absolute atomic E-state index is 13.6. The van der Waals surface area contributed by atoms with Gasteiger partial charge in [0.2, 0.25) is 0 Å². The van der Waals surface area contributed by atoms with Crippen molar-refractivity contribution in [2.24, 2.45) is 0 Å². The topological polar surface area (TPSA) is 39.9 Å². The Bertz CT molecular complexity index is 1120. The Morgan fingerprint density at radius 3 is 2.21 bits per heavy atom. The van der Waals surface area contributed by atoms with Crippen molar-refractivity contribution in [3.8, 4) is 39.7 Å². The number of ether oxygens (including phenoxy) is 1. The second kappa shape index (κ2) is 8.10. The van der Waals surface area contributed by atoms with Gasteiger partial charge in [0.05, 0.1) is 18.5 Å². The molecule has 0 aliphatic carbocycles. The summed E-state index contributed by atoms with van der Waals surface area (Å²) in [5.41, 5.74) is 4.49. The fourth-order valence-electron chi connectivity index (χ4n) is 3.33. The fraction of sp³-hybridized carbons (Fsp3) is 0.0833. The van der Waals surface area contributed by atoms with Crippen molar-refractivity contribution in [2.75, 3.05) is 7.11 Å². The monoisotopic (exact) mass is 385 g/mol. The molecule has 0 amide bonds. The molecule has 0 N–H and O–H groups in total. The zero-order valence-corrected chi connectivity index (χ0v) is 16.0. The molecule has 0 bridgehead atoms. The Labute approximate surface area is 169 Å². The van der Waals surface area contributed by atoms with Crippen molar-refractivity contribution in [3.63, 3.8) is 0 Å². The van der Waals surface area contributed by atoms with E-state index in [0.29, 0.717) is 6.54 Å². The van der Waals surface area contributed by atoms with Gasteiger partial charge in [-0.05, 0) is 60.7 Å². The van der Waals surface area contributed by atoms with Crippen molar-refractivity contribution in [2.45, 2.75) is 6.54 Å². The molecule has 4 rings (SSSR count). The van der Waals surface area contributed by atoms with E-state index >= 15 is 0 Å². The maximum atomic E-state index is 13.6. The minimum atomic E-state index is -0.274. The van der Waals surface area contributed by atoms with Crippen LogP contribution in [0.3, 0.4) is 0 Å². The van der Waals surface area contributed by atoms with Crippen molar-refractivity contribution in [1.82, 2.24) is 14.5 Å². The summed E-state index contributed by atoms with van der Waals surface area (Å²) in [5.74, 6) is 1.31. The van der Waals surface area contributed by atoms with E-state index in [-0.39, 0.29) is 5.82 Å².